The number of carbonyl (C=O) groups excluding carboxylic acids is 1. The second-order valence-corrected chi connectivity index (χ2v) is 5.10. The van der Waals surface area contributed by atoms with Crippen LogP contribution in [0.25, 0.3) is 0 Å². The Morgan fingerprint density at radius 2 is 1.54 bits per heavy atom. The maximum Gasteiger partial charge on any atom is 0.262 e. The van der Waals surface area contributed by atoms with Crippen molar-refractivity contribution in [2.75, 3.05) is 19.5 Å². The van der Waals surface area contributed by atoms with E-state index in [9.17, 15) is 4.79 Å². The number of anilines is 1. The van der Waals surface area contributed by atoms with Gasteiger partial charge in [-0.2, -0.15) is 5.10 Å². The van der Waals surface area contributed by atoms with Crippen molar-refractivity contribution in [3.63, 3.8) is 0 Å². The number of rotatable bonds is 7. The molecule has 0 aliphatic carbocycles. The number of ether oxygens (including phenoxy) is 2. The van der Waals surface area contributed by atoms with Gasteiger partial charge >= 0.3 is 0 Å². The van der Waals surface area contributed by atoms with E-state index >= 15 is 0 Å². The van der Waals surface area contributed by atoms with Gasteiger partial charge in [-0.05, 0) is 61.0 Å². The molecule has 6 nitrogen and oxygen atoms in total. The summed E-state index contributed by atoms with van der Waals surface area (Å²) in [5.41, 5.74) is 4.21. The Labute approximate surface area is 141 Å². The molecule has 2 aromatic carbocycles. The second-order valence-electron chi connectivity index (χ2n) is 5.10. The van der Waals surface area contributed by atoms with Gasteiger partial charge < -0.3 is 14.8 Å². The fourth-order valence-electron chi connectivity index (χ4n) is 1.96. The van der Waals surface area contributed by atoms with E-state index in [4.69, 9.17) is 9.47 Å². The average molecular weight is 327 g/mol. The summed E-state index contributed by atoms with van der Waals surface area (Å²) in [5, 5.41) is 7.06. The summed E-state index contributed by atoms with van der Waals surface area (Å²) in [6.07, 6.45) is 1.58. The zero-order chi connectivity index (χ0) is 17.4. The molecule has 0 saturated carbocycles. The van der Waals surface area contributed by atoms with Gasteiger partial charge in [0.1, 0.15) is 17.5 Å². The third kappa shape index (κ3) is 5.01. The average Bonchev–Trinajstić information content (AvgIpc) is 2.62. The summed E-state index contributed by atoms with van der Waals surface area (Å²) in [6.45, 7) is 1.77. The molecule has 0 fully saturated rings. The zero-order valence-electron chi connectivity index (χ0n) is 13.9. The fourth-order valence-corrected chi connectivity index (χ4v) is 1.96. The molecule has 0 aliphatic rings. The highest BCUT2D eigenvalue weighted by Crippen LogP contribution is 2.15. The summed E-state index contributed by atoms with van der Waals surface area (Å²) >= 11 is 0. The van der Waals surface area contributed by atoms with Crippen LogP contribution >= 0.6 is 0 Å². The first kappa shape index (κ1) is 17.3. The maximum absolute atomic E-state index is 12.0. The highest BCUT2D eigenvalue weighted by atomic mass is 16.5. The van der Waals surface area contributed by atoms with E-state index in [1.165, 1.54) is 0 Å². The van der Waals surface area contributed by atoms with E-state index in [1.807, 2.05) is 48.5 Å². The predicted octanol–water partition coefficient (Wildman–Crippen LogP) is 2.65. The maximum atomic E-state index is 12.0. The summed E-state index contributed by atoms with van der Waals surface area (Å²) in [4.78, 5) is 12.0. The van der Waals surface area contributed by atoms with E-state index in [1.54, 1.807) is 27.4 Å². The van der Waals surface area contributed by atoms with Crippen molar-refractivity contribution < 1.29 is 14.3 Å². The molecule has 1 amide bonds. The van der Waals surface area contributed by atoms with Crippen LogP contribution in [0.2, 0.25) is 0 Å². The van der Waals surface area contributed by atoms with Crippen LogP contribution in [0.1, 0.15) is 12.5 Å². The van der Waals surface area contributed by atoms with Crippen LogP contribution < -0.4 is 20.2 Å². The third-order valence-electron chi connectivity index (χ3n) is 3.37. The van der Waals surface area contributed by atoms with E-state index in [0.717, 1.165) is 22.7 Å². The van der Waals surface area contributed by atoms with E-state index < -0.39 is 6.04 Å². The number of nitrogens with one attached hydrogen (secondary N) is 2. The van der Waals surface area contributed by atoms with Crippen molar-refractivity contribution in [3.05, 3.63) is 54.1 Å². The molecule has 2 aromatic rings. The molecule has 0 bridgehead atoms. The van der Waals surface area contributed by atoms with E-state index in [2.05, 4.69) is 15.8 Å². The van der Waals surface area contributed by atoms with Crippen LogP contribution in [0.4, 0.5) is 5.69 Å². The van der Waals surface area contributed by atoms with Crippen molar-refractivity contribution in [2.24, 2.45) is 5.10 Å². The molecule has 6 heteroatoms. The summed E-state index contributed by atoms with van der Waals surface area (Å²) in [5.74, 6) is 1.31. The van der Waals surface area contributed by atoms with E-state index in [0.29, 0.717) is 0 Å². The van der Waals surface area contributed by atoms with Crippen LogP contribution in [0.5, 0.6) is 11.5 Å². The number of nitrogens with zero attached hydrogens (tertiary/aromatic N) is 1. The van der Waals surface area contributed by atoms with Crippen LogP contribution in [-0.2, 0) is 4.79 Å². The van der Waals surface area contributed by atoms with Gasteiger partial charge in [-0.3, -0.25) is 4.79 Å². The number of amides is 1. The van der Waals surface area contributed by atoms with Crippen LogP contribution in [0.3, 0.4) is 0 Å². The summed E-state index contributed by atoms with van der Waals surface area (Å²) in [7, 11) is 3.22. The van der Waals surface area contributed by atoms with Gasteiger partial charge in [0.25, 0.3) is 5.91 Å². The molecule has 126 valence electrons. The lowest BCUT2D eigenvalue weighted by Gasteiger charge is -2.13. The van der Waals surface area contributed by atoms with Gasteiger partial charge in [-0.1, -0.05) is 0 Å². The lowest BCUT2D eigenvalue weighted by molar-refractivity contribution is -0.121. The molecule has 0 aliphatic heterocycles. The topological polar surface area (TPSA) is 72.0 Å². The van der Waals surface area contributed by atoms with Gasteiger partial charge in [0.2, 0.25) is 0 Å². The minimum absolute atomic E-state index is 0.226. The monoisotopic (exact) mass is 327 g/mol. The standard InChI is InChI=1S/C18H21N3O3/c1-13(20-15-6-10-17(24-3)11-7-15)18(22)21-19-12-14-4-8-16(23-2)9-5-14/h4-13,20H,1-3H3,(H,21,22)/b19-12-/t13-/m1/s1. The predicted molar refractivity (Wildman–Crippen MR) is 94.8 cm³/mol. The number of hydrogen-bond donors (Lipinski definition) is 2. The minimum atomic E-state index is -0.425. The molecule has 0 spiro atoms. The Bertz CT molecular complexity index is 682. The first-order chi connectivity index (χ1) is 11.6. The lowest BCUT2D eigenvalue weighted by atomic mass is 10.2. The van der Waals surface area contributed by atoms with Crippen molar-refractivity contribution in [3.8, 4) is 11.5 Å². The normalized spacial score (nSPS) is 11.8. The summed E-state index contributed by atoms with van der Waals surface area (Å²) < 4.78 is 10.2. The van der Waals surface area contributed by atoms with Gasteiger partial charge in [-0.15, -0.1) is 0 Å². The zero-order valence-corrected chi connectivity index (χ0v) is 13.9. The lowest BCUT2D eigenvalue weighted by Crippen LogP contribution is -2.34. The quantitative estimate of drug-likeness (QED) is 0.606. The molecule has 1 atom stereocenters. The molecule has 0 saturated heterocycles. The number of hydrazone groups is 1. The molecule has 0 aromatic heterocycles. The summed E-state index contributed by atoms with van der Waals surface area (Å²) in [6, 6.07) is 14.3. The van der Waals surface area contributed by atoms with Crippen LogP contribution in [0.15, 0.2) is 53.6 Å². The number of hydrogen-bond acceptors (Lipinski definition) is 5. The molecule has 24 heavy (non-hydrogen) atoms. The Morgan fingerprint density at radius 3 is 2.08 bits per heavy atom. The number of methoxy groups -OCH3 is 2. The molecule has 0 heterocycles. The highest BCUT2D eigenvalue weighted by molar-refractivity contribution is 5.86. The fraction of sp³-hybridized carbons (Fsp3) is 0.222. The molecule has 0 radical (unpaired) electrons. The van der Waals surface area contributed by atoms with Gasteiger partial charge in [0.15, 0.2) is 0 Å². The van der Waals surface area contributed by atoms with Crippen LogP contribution in [-0.4, -0.2) is 32.4 Å². The molecule has 0 unspecified atom stereocenters. The molecule has 2 rings (SSSR count). The highest BCUT2D eigenvalue weighted by Gasteiger charge is 2.11. The SMILES string of the molecule is COc1ccc(/C=N\NC(=O)[C@@H](C)Nc2ccc(OC)cc2)cc1. The smallest absolute Gasteiger partial charge is 0.262 e. The van der Waals surface area contributed by atoms with Crippen molar-refractivity contribution in [1.82, 2.24) is 5.43 Å². The number of carbonyl (C=O) groups is 1. The van der Waals surface area contributed by atoms with Crippen molar-refractivity contribution >= 4 is 17.8 Å². The third-order valence-corrected chi connectivity index (χ3v) is 3.37. The van der Waals surface area contributed by atoms with Crippen molar-refractivity contribution in [2.45, 2.75) is 13.0 Å². The first-order valence-electron chi connectivity index (χ1n) is 7.50. The van der Waals surface area contributed by atoms with Crippen LogP contribution in [0, 0.1) is 0 Å². The molecular formula is C18H21N3O3. The van der Waals surface area contributed by atoms with E-state index in [-0.39, 0.29) is 5.91 Å². The first-order valence-corrected chi connectivity index (χ1v) is 7.50. The van der Waals surface area contributed by atoms with Gasteiger partial charge in [0.05, 0.1) is 20.4 Å². The van der Waals surface area contributed by atoms with Gasteiger partial charge in [0, 0.05) is 5.69 Å². The molecule has 2 N–H and O–H groups in total. The Morgan fingerprint density at radius 1 is 1.00 bits per heavy atom. The molecular weight excluding hydrogens is 306 g/mol. The number of benzene rings is 2. The second kappa shape index (κ2) is 8.57. The Kier molecular flexibility index (Phi) is 6.19. The largest absolute Gasteiger partial charge is 0.497 e. The van der Waals surface area contributed by atoms with Crippen molar-refractivity contribution in [1.29, 1.82) is 0 Å². The Balaban J connectivity index is 1.84. The van der Waals surface area contributed by atoms with Gasteiger partial charge in [-0.25, -0.2) is 5.43 Å². The minimum Gasteiger partial charge on any atom is -0.497 e. The Hall–Kier alpha value is -3.02.